The van der Waals surface area contributed by atoms with Gasteiger partial charge in [0, 0.05) is 18.2 Å². The lowest BCUT2D eigenvalue weighted by atomic mass is 10.2. The zero-order valence-corrected chi connectivity index (χ0v) is 9.31. The molecule has 2 nitrogen and oxygen atoms in total. The predicted molar refractivity (Wildman–Crippen MR) is 55.1 cm³/mol. The Balaban J connectivity index is 2.95. The number of alkyl halides is 1. The van der Waals surface area contributed by atoms with E-state index in [4.69, 9.17) is 11.6 Å². The van der Waals surface area contributed by atoms with E-state index in [9.17, 15) is 8.78 Å². The van der Waals surface area contributed by atoms with Crippen LogP contribution in [0.1, 0.15) is 5.56 Å². The van der Waals surface area contributed by atoms with Gasteiger partial charge in [-0.25, -0.2) is 8.78 Å². The van der Waals surface area contributed by atoms with Gasteiger partial charge in [0.1, 0.15) is 5.82 Å². The minimum absolute atomic E-state index is 0.0928. The average Bonchev–Trinajstić information content (AvgIpc) is 2.22. The molecule has 0 aromatic heterocycles. The second-order valence-corrected chi connectivity index (χ2v) is 3.45. The van der Waals surface area contributed by atoms with Gasteiger partial charge in [0.15, 0.2) is 11.6 Å². The van der Waals surface area contributed by atoms with E-state index in [0.29, 0.717) is 0 Å². The fourth-order valence-corrected chi connectivity index (χ4v) is 1.26. The first kappa shape index (κ1) is 12.2. The molecule has 0 atom stereocenters. The Morgan fingerprint density at radius 2 is 2.00 bits per heavy atom. The molecule has 84 valence electrons. The molecule has 5 heteroatoms. The van der Waals surface area contributed by atoms with Gasteiger partial charge in [0.05, 0.1) is 13.1 Å². The third-order valence-corrected chi connectivity index (χ3v) is 2.37. The van der Waals surface area contributed by atoms with Crippen molar-refractivity contribution in [2.75, 3.05) is 20.2 Å². The third kappa shape index (κ3) is 3.04. The summed E-state index contributed by atoms with van der Waals surface area (Å²) < 4.78 is 31.3. The fraction of sp³-hybridized carbons (Fsp3) is 0.400. The summed E-state index contributed by atoms with van der Waals surface area (Å²) in [5.74, 6) is -1.16. The van der Waals surface area contributed by atoms with E-state index in [0.717, 1.165) is 12.1 Å². The van der Waals surface area contributed by atoms with Gasteiger partial charge in [-0.2, -0.15) is 0 Å². The molecular formula is C10H12ClF2NO. The van der Waals surface area contributed by atoms with Gasteiger partial charge in [-0.15, -0.1) is 11.6 Å². The van der Waals surface area contributed by atoms with Crippen LogP contribution in [-0.4, -0.2) is 25.1 Å². The minimum atomic E-state index is -0.572. The third-order valence-electron chi connectivity index (χ3n) is 1.97. The number of hydrogen-bond acceptors (Lipinski definition) is 2. The maximum absolute atomic E-state index is 13.4. The molecule has 0 N–H and O–H groups in total. The molecule has 0 bridgehead atoms. The summed E-state index contributed by atoms with van der Waals surface area (Å²) in [6.07, 6.45) is 0. The molecule has 1 rings (SSSR count). The average molecular weight is 236 g/mol. The number of nitrogens with zero attached hydrogens (tertiary/aromatic N) is 1. The summed E-state index contributed by atoms with van der Waals surface area (Å²) in [7, 11) is 3.01. The van der Waals surface area contributed by atoms with Crippen LogP contribution in [0.4, 0.5) is 8.78 Å². The van der Waals surface area contributed by atoms with Crippen molar-refractivity contribution < 1.29 is 13.5 Å². The van der Waals surface area contributed by atoms with Crippen LogP contribution < -0.4 is 4.74 Å². The number of methoxy groups -OCH3 is 1. The van der Waals surface area contributed by atoms with E-state index in [-0.39, 0.29) is 23.9 Å². The second kappa shape index (κ2) is 5.28. The molecular weight excluding hydrogens is 224 g/mol. The lowest BCUT2D eigenvalue weighted by Gasteiger charge is -2.14. The van der Waals surface area contributed by atoms with Crippen molar-refractivity contribution in [1.29, 1.82) is 0 Å². The molecule has 0 amide bonds. The maximum atomic E-state index is 13.4. The summed E-state index contributed by atoms with van der Waals surface area (Å²) in [6.45, 7) is 0.260. The van der Waals surface area contributed by atoms with Crippen LogP contribution in [-0.2, 0) is 6.54 Å². The SMILES string of the molecule is COc1cc(F)c(CN(C)CCl)cc1F. The van der Waals surface area contributed by atoms with Crippen molar-refractivity contribution in [3.8, 4) is 5.75 Å². The molecule has 0 unspecified atom stereocenters. The summed E-state index contributed by atoms with van der Waals surface area (Å²) in [5.41, 5.74) is 0.261. The molecule has 0 saturated carbocycles. The van der Waals surface area contributed by atoms with Crippen LogP contribution in [0.2, 0.25) is 0 Å². The Hall–Kier alpha value is -0.870. The lowest BCUT2D eigenvalue weighted by Crippen LogP contribution is -2.16. The summed E-state index contributed by atoms with van der Waals surface area (Å²) in [6, 6.07) is 2.41. The standard InChI is InChI=1S/C10H12ClF2NO/c1-14(6-11)5-7-3-9(13)10(15-2)4-8(7)12/h3-4H,5-6H2,1-2H3. The molecule has 0 aliphatic rings. The zero-order chi connectivity index (χ0) is 11.4. The highest BCUT2D eigenvalue weighted by Gasteiger charge is 2.11. The zero-order valence-electron chi connectivity index (χ0n) is 8.56. The van der Waals surface area contributed by atoms with Crippen molar-refractivity contribution in [3.63, 3.8) is 0 Å². The normalized spacial score (nSPS) is 10.8. The molecule has 0 aliphatic heterocycles. The topological polar surface area (TPSA) is 12.5 Å². The van der Waals surface area contributed by atoms with Crippen LogP contribution in [0.5, 0.6) is 5.75 Å². The molecule has 0 fully saturated rings. The van der Waals surface area contributed by atoms with E-state index >= 15 is 0 Å². The van der Waals surface area contributed by atoms with Crippen molar-refractivity contribution >= 4 is 11.6 Å². The monoisotopic (exact) mass is 235 g/mol. The molecule has 0 saturated heterocycles. The van der Waals surface area contributed by atoms with Gasteiger partial charge in [-0.3, -0.25) is 4.90 Å². The van der Waals surface area contributed by atoms with Crippen molar-refractivity contribution in [3.05, 3.63) is 29.3 Å². The van der Waals surface area contributed by atoms with Crippen molar-refractivity contribution in [2.24, 2.45) is 0 Å². The number of halogens is 3. The predicted octanol–water partition coefficient (Wildman–Crippen LogP) is 2.60. The van der Waals surface area contributed by atoms with E-state index in [1.165, 1.54) is 7.11 Å². The largest absolute Gasteiger partial charge is 0.494 e. The number of rotatable bonds is 4. The highest BCUT2D eigenvalue weighted by atomic mass is 35.5. The number of ether oxygens (including phenoxy) is 1. The Morgan fingerprint density at radius 3 is 2.53 bits per heavy atom. The molecule has 1 aromatic carbocycles. The van der Waals surface area contributed by atoms with Crippen molar-refractivity contribution in [1.82, 2.24) is 4.90 Å². The molecule has 15 heavy (non-hydrogen) atoms. The number of hydrogen-bond donors (Lipinski definition) is 0. The van der Waals surface area contributed by atoms with Crippen LogP contribution in [0.3, 0.4) is 0 Å². The molecule has 0 heterocycles. The van der Waals surface area contributed by atoms with E-state index in [1.807, 2.05) is 0 Å². The van der Waals surface area contributed by atoms with Gasteiger partial charge in [0.25, 0.3) is 0 Å². The highest BCUT2D eigenvalue weighted by molar-refractivity contribution is 6.17. The molecule has 1 aromatic rings. The van der Waals surface area contributed by atoms with E-state index in [2.05, 4.69) is 4.74 Å². The Morgan fingerprint density at radius 1 is 1.33 bits per heavy atom. The van der Waals surface area contributed by atoms with Crippen LogP contribution in [0, 0.1) is 11.6 Å². The summed E-state index contributed by atoms with van der Waals surface area (Å²) in [5, 5.41) is 0. The van der Waals surface area contributed by atoms with Crippen LogP contribution in [0.15, 0.2) is 12.1 Å². The Labute approximate surface area is 92.4 Å². The molecule has 0 aliphatic carbocycles. The van der Waals surface area contributed by atoms with Gasteiger partial charge >= 0.3 is 0 Å². The summed E-state index contributed by atoms with van der Waals surface area (Å²) >= 11 is 5.54. The van der Waals surface area contributed by atoms with Crippen molar-refractivity contribution in [2.45, 2.75) is 6.54 Å². The van der Waals surface area contributed by atoms with E-state index in [1.54, 1.807) is 11.9 Å². The van der Waals surface area contributed by atoms with Gasteiger partial charge in [0.2, 0.25) is 0 Å². The Bertz CT molecular complexity index is 346. The molecule has 0 radical (unpaired) electrons. The number of benzene rings is 1. The maximum Gasteiger partial charge on any atom is 0.165 e. The smallest absolute Gasteiger partial charge is 0.165 e. The van der Waals surface area contributed by atoms with Crippen LogP contribution in [0.25, 0.3) is 0 Å². The van der Waals surface area contributed by atoms with Gasteiger partial charge in [-0.05, 0) is 13.1 Å². The first-order chi connectivity index (χ1) is 7.08. The van der Waals surface area contributed by atoms with Crippen LogP contribution >= 0.6 is 11.6 Å². The first-order valence-electron chi connectivity index (χ1n) is 4.35. The summed E-state index contributed by atoms with van der Waals surface area (Å²) in [4.78, 5) is 1.66. The second-order valence-electron chi connectivity index (χ2n) is 3.21. The van der Waals surface area contributed by atoms with Gasteiger partial charge < -0.3 is 4.74 Å². The lowest BCUT2D eigenvalue weighted by molar-refractivity contribution is 0.362. The molecule has 0 spiro atoms. The quantitative estimate of drug-likeness (QED) is 0.588. The van der Waals surface area contributed by atoms with Gasteiger partial charge in [-0.1, -0.05) is 0 Å². The fourth-order valence-electron chi connectivity index (χ4n) is 1.18. The van der Waals surface area contributed by atoms with E-state index < -0.39 is 11.6 Å². The Kier molecular flexibility index (Phi) is 4.29. The highest BCUT2D eigenvalue weighted by Crippen LogP contribution is 2.21. The minimum Gasteiger partial charge on any atom is -0.494 e. The first-order valence-corrected chi connectivity index (χ1v) is 4.88.